The van der Waals surface area contributed by atoms with Crippen LogP contribution < -0.4 is 5.32 Å². The number of carbonyl (C=O) groups excluding carboxylic acids is 1. The second-order valence-corrected chi connectivity index (χ2v) is 7.59. The lowest BCUT2D eigenvalue weighted by atomic mass is 10.1. The molecule has 4 rings (SSSR count). The Balaban J connectivity index is 1.79. The third-order valence-corrected chi connectivity index (χ3v) is 5.29. The quantitative estimate of drug-likeness (QED) is 0.500. The van der Waals surface area contributed by atoms with Gasteiger partial charge in [-0.1, -0.05) is 35.9 Å². The van der Waals surface area contributed by atoms with Gasteiger partial charge in [0.1, 0.15) is 0 Å². The number of aryl methyl sites for hydroxylation is 2. The van der Waals surface area contributed by atoms with Crippen molar-refractivity contribution in [2.75, 3.05) is 5.32 Å². The van der Waals surface area contributed by atoms with E-state index < -0.39 is 0 Å². The number of hydrogen-bond acceptors (Lipinski definition) is 3. The predicted molar refractivity (Wildman–Crippen MR) is 109 cm³/mol. The number of nitrogens with zero attached hydrogens (tertiary/aromatic N) is 1. The number of benzene rings is 2. The van der Waals surface area contributed by atoms with Crippen LogP contribution in [0.2, 0.25) is 0 Å². The number of anilines is 1. The molecular formula is C22H18N2OS. The Bertz CT molecular complexity index is 1100. The molecule has 0 atom stereocenters. The fourth-order valence-electron chi connectivity index (χ4n) is 2.90. The molecule has 0 saturated heterocycles. The van der Waals surface area contributed by atoms with Crippen LogP contribution in [0.15, 0.2) is 66.7 Å². The molecule has 2 aromatic heterocycles. The third-order valence-electron chi connectivity index (χ3n) is 4.26. The summed E-state index contributed by atoms with van der Waals surface area (Å²) in [6.45, 7) is 4.09. The van der Waals surface area contributed by atoms with E-state index in [-0.39, 0.29) is 5.91 Å². The molecule has 3 nitrogen and oxygen atoms in total. The minimum Gasteiger partial charge on any atom is -0.322 e. The van der Waals surface area contributed by atoms with Crippen molar-refractivity contribution in [3.05, 3.63) is 82.7 Å². The summed E-state index contributed by atoms with van der Waals surface area (Å²) in [5.74, 6) is -0.123. The average Bonchev–Trinajstić information content (AvgIpc) is 3.09. The van der Waals surface area contributed by atoms with Crippen molar-refractivity contribution in [2.24, 2.45) is 0 Å². The summed E-state index contributed by atoms with van der Waals surface area (Å²) in [5.41, 5.74) is 4.24. The zero-order chi connectivity index (χ0) is 18.1. The minimum absolute atomic E-state index is 0.123. The first-order valence-electron chi connectivity index (χ1n) is 8.45. The zero-order valence-corrected chi connectivity index (χ0v) is 15.4. The van der Waals surface area contributed by atoms with Gasteiger partial charge in [0.25, 0.3) is 5.91 Å². The standard InChI is InChI=1S/C22H18N2OS/c1-14-7-10-16(11-8-14)23-22(25)18-13-20(21-12-9-15(2)26-21)24-19-6-4-3-5-17(18)19/h3-13H,1-2H3,(H,23,25). The normalized spacial score (nSPS) is 10.8. The molecule has 0 aliphatic rings. The zero-order valence-electron chi connectivity index (χ0n) is 14.6. The molecule has 4 heteroatoms. The fraction of sp³-hybridized carbons (Fsp3) is 0.0909. The maximum absolute atomic E-state index is 13.0. The number of amides is 1. The molecule has 2 aromatic carbocycles. The van der Waals surface area contributed by atoms with Crippen LogP contribution >= 0.6 is 11.3 Å². The lowest BCUT2D eigenvalue weighted by Gasteiger charge is -2.10. The Kier molecular flexibility index (Phi) is 4.27. The van der Waals surface area contributed by atoms with Crippen molar-refractivity contribution in [3.8, 4) is 10.6 Å². The van der Waals surface area contributed by atoms with Gasteiger partial charge in [-0.3, -0.25) is 4.79 Å². The van der Waals surface area contributed by atoms with Gasteiger partial charge < -0.3 is 5.32 Å². The molecule has 0 fully saturated rings. The second-order valence-electron chi connectivity index (χ2n) is 6.30. The Hall–Kier alpha value is -2.98. The van der Waals surface area contributed by atoms with E-state index in [9.17, 15) is 4.79 Å². The highest BCUT2D eigenvalue weighted by Gasteiger charge is 2.15. The molecule has 0 aliphatic heterocycles. The second kappa shape index (κ2) is 6.73. The van der Waals surface area contributed by atoms with E-state index in [2.05, 4.69) is 24.4 Å². The Morgan fingerprint density at radius 1 is 0.962 bits per heavy atom. The van der Waals surface area contributed by atoms with Gasteiger partial charge in [-0.25, -0.2) is 4.98 Å². The molecule has 2 heterocycles. The number of para-hydroxylation sites is 1. The fourth-order valence-corrected chi connectivity index (χ4v) is 3.73. The van der Waals surface area contributed by atoms with Gasteiger partial charge in [-0.2, -0.15) is 0 Å². The predicted octanol–water partition coefficient (Wildman–Crippen LogP) is 5.83. The summed E-state index contributed by atoms with van der Waals surface area (Å²) < 4.78 is 0. The van der Waals surface area contributed by atoms with Crippen molar-refractivity contribution < 1.29 is 4.79 Å². The monoisotopic (exact) mass is 358 g/mol. The first-order chi connectivity index (χ1) is 12.6. The molecule has 1 N–H and O–H groups in total. The van der Waals surface area contributed by atoms with Crippen molar-refractivity contribution in [2.45, 2.75) is 13.8 Å². The summed E-state index contributed by atoms with van der Waals surface area (Å²) in [4.78, 5) is 20.0. The number of aromatic nitrogens is 1. The smallest absolute Gasteiger partial charge is 0.256 e. The molecule has 0 radical (unpaired) electrons. The van der Waals surface area contributed by atoms with Gasteiger partial charge in [-0.05, 0) is 50.2 Å². The lowest BCUT2D eigenvalue weighted by molar-refractivity contribution is 0.102. The highest BCUT2D eigenvalue weighted by molar-refractivity contribution is 7.15. The number of pyridine rings is 1. The molecule has 128 valence electrons. The molecule has 1 amide bonds. The number of hydrogen-bond donors (Lipinski definition) is 1. The topological polar surface area (TPSA) is 42.0 Å². The minimum atomic E-state index is -0.123. The van der Waals surface area contributed by atoms with Crippen molar-refractivity contribution in [1.29, 1.82) is 0 Å². The van der Waals surface area contributed by atoms with E-state index in [1.807, 2.05) is 61.5 Å². The first-order valence-corrected chi connectivity index (χ1v) is 9.26. The van der Waals surface area contributed by atoms with E-state index in [1.54, 1.807) is 11.3 Å². The van der Waals surface area contributed by atoms with Crippen LogP contribution in [0.5, 0.6) is 0 Å². The average molecular weight is 358 g/mol. The first kappa shape index (κ1) is 16.5. The van der Waals surface area contributed by atoms with Crippen LogP contribution in [0, 0.1) is 13.8 Å². The summed E-state index contributed by atoms with van der Waals surface area (Å²) in [6, 6.07) is 21.6. The van der Waals surface area contributed by atoms with Gasteiger partial charge in [0, 0.05) is 16.0 Å². The molecule has 0 saturated carbocycles. The van der Waals surface area contributed by atoms with Gasteiger partial charge in [0.2, 0.25) is 0 Å². The maximum Gasteiger partial charge on any atom is 0.256 e. The van der Waals surface area contributed by atoms with Crippen LogP contribution in [0.3, 0.4) is 0 Å². The molecule has 4 aromatic rings. The summed E-state index contributed by atoms with van der Waals surface area (Å²) in [5, 5.41) is 3.85. The van der Waals surface area contributed by atoms with Crippen LogP contribution in [-0.2, 0) is 0 Å². The summed E-state index contributed by atoms with van der Waals surface area (Å²) >= 11 is 1.68. The molecule has 0 spiro atoms. The van der Waals surface area contributed by atoms with E-state index in [0.717, 1.165) is 32.7 Å². The van der Waals surface area contributed by atoms with Crippen molar-refractivity contribution in [3.63, 3.8) is 0 Å². The third kappa shape index (κ3) is 3.24. The molecule has 26 heavy (non-hydrogen) atoms. The van der Waals surface area contributed by atoms with Gasteiger partial charge in [0.05, 0.1) is 21.7 Å². The van der Waals surface area contributed by atoms with Crippen LogP contribution in [0.1, 0.15) is 20.8 Å². The van der Waals surface area contributed by atoms with E-state index in [1.165, 1.54) is 4.88 Å². The molecular weight excluding hydrogens is 340 g/mol. The van der Waals surface area contributed by atoms with Gasteiger partial charge >= 0.3 is 0 Å². The van der Waals surface area contributed by atoms with Gasteiger partial charge in [0.15, 0.2) is 0 Å². The van der Waals surface area contributed by atoms with Crippen molar-refractivity contribution >= 4 is 33.8 Å². The highest BCUT2D eigenvalue weighted by atomic mass is 32.1. The summed E-state index contributed by atoms with van der Waals surface area (Å²) in [7, 11) is 0. The van der Waals surface area contributed by atoms with E-state index in [0.29, 0.717) is 5.56 Å². The highest BCUT2D eigenvalue weighted by Crippen LogP contribution is 2.30. The Morgan fingerprint density at radius 3 is 2.46 bits per heavy atom. The lowest BCUT2D eigenvalue weighted by Crippen LogP contribution is -2.13. The van der Waals surface area contributed by atoms with Crippen LogP contribution in [0.4, 0.5) is 5.69 Å². The van der Waals surface area contributed by atoms with Gasteiger partial charge in [-0.15, -0.1) is 11.3 Å². The number of fused-ring (bicyclic) bond motifs is 1. The SMILES string of the molecule is Cc1ccc(NC(=O)c2cc(-c3ccc(C)s3)nc3ccccc23)cc1. The van der Waals surface area contributed by atoms with E-state index >= 15 is 0 Å². The number of thiophene rings is 1. The van der Waals surface area contributed by atoms with Crippen LogP contribution in [-0.4, -0.2) is 10.9 Å². The van der Waals surface area contributed by atoms with Crippen molar-refractivity contribution in [1.82, 2.24) is 4.98 Å². The molecule has 0 aliphatic carbocycles. The summed E-state index contributed by atoms with van der Waals surface area (Å²) in [6.07, 6.45) is 0. The van der Waals surface area contributed by atoms with Crippen LogP contribution in [0.25, 0.3) is 21.5 Å². The maximum atomic E-state index is 13.0. The Morgan fingerprint density at radius 2 is 1.73 bits per heavy atom. The molecule has 0 bridgehead atoms. The number of carbonyl (C=O) groups is 1. The molecule has 0 unspecified atom stereocenters. The Labute approximate surface area is 156 Å². The number of rotatable bonds is 3. The largest absolute Gasteiger partial charge is 0.322 e. The number of nitrogens with one attached hydrogen (secondary N) is 1. The van der Waals surface area contributed by atoms with E-state index in [4.69, 9.17) is 4.98 Å².